The van der Waals surface area contributed by atoms with Crippen molar-refractivity contribution in [3.05, 3.63) is 17.3 Å². The summed E-state index contributed by atoms with van der Waals surface area (Å²) in [6.45, 7) is 2.21. The number of aromatic amines is 1. The van der Waals surface area contributed by atoms with Gasteiger partial charge in [-0.05, 0) is 0 Å². The van der Waals surface area contributed by atoms with Crippen molar-refractivity contribution >= 4 is 11.5 Å². The largest absolute Gasteiger partial charge is 0.398 e. The number of nitrogens with zero attached hydrogens (tertiary/aromatic N) is 1. The predicted molar refractivity (Wildman–Crippen MR) is 60.9 cm³/mol. The molecule has 0 saturated carbocycles. The molecule has 1 aromatic rings. The number of pyridine rings is 1. The molecular formula is C11H20N4+2. The molecule has 0 amide bonds. The number of anilines is 2. The zero-order valence-electron chi connectivity index (χ0n) is 9.72. The van der Waals surface area contributed by atoms with Crippen LogP contribution in [0, 0.1) is 0 Å². The summed E-state index contributed by atoms with van der Waals surface area (Å²) in [5, 5.41) is 0. The molecule has 1 aromatic heterocycles. The number of nitrogen functional groups attached to an aromatic ring is 1. The van der Waals surface area contributed by atoms with Gasteiger partial charge >= 0.3 is 0 Å². The van der Waals surface area contributed by atoms with Gasteiger partial charge < -0.3 is 10.6 Å². The lowest BCUT2D eigenvalue weighted by Crippen LogP contribution is -3.08. The first kappa shape index (κ1) is 10.2. The fourth-order valence-corrected chi connectivity index (χ4v) is 2.07. The lowest BCUT2D eigenvalue weighted by Gasteiger charge is -2.22. The van der Waals surface area contributed by atoms with Crippen LogP contribution in [0.1, 0.15) is 11.3 Å². The van der Waals surface area contributed by atoms with Crippen molar-refractivity contribution in [3.8, 4) is 0 Å². The third-order valence-corrected chi connectivity index (χ3v) is 3.05. The molecule has 4 nitrogen and oxygen atoms in total. The molecule has 0 spiro atoms. The second kappa shape index (κ2) is 3.70. The van der Waals surface area contributed by atoms with Crippen LogP contribution in [0.5, 0.6) is 0 Å². The van der Waals surface area contributed by atoms with Crippen LogP contribution in [0.15, 0.2) is 6.07 Å². The van der Waals surface area contributed by atoms with E-state index >= 15 is 0 Å². The third-order valence-electron chi connectivity index (χ3n) is 3.05. The summed E-state index contributed by atoms with van der Waals surface area (Å²) < 4.78 is 0. The minimum Gasteiger partial charge on any atom is -0.398 e. The number of H-pyrrole nitrogens is 1. The predicted octanol–water partition coefficient (Wildman–Crippen LogP) is -1.28. The molecule has 0 saturated heterocycles. The fraction of sp³-hybridized carbons (Fsp3) is 0.545. The van der Waals surface area contributed by atoms with Crippen LogP contribution >= 0.6 is 0 Å². The number of nitrogens with two attached hydrogens (primary N) is 1. The molecule has 15 heavy (non-hydrogen) atoms. The first-order valence-electron chi connectivity index (χ1n) is 5.40. The first-order chi connectivity index (χ1) is 7.08. The smallest absolute Gasteiger partial charge is 0.276 e. The van der Waals surface area contributed by atoms with E-state index in [2.05, 4.69) is 16.9 Å². The summed E-state index contributed by atoms with van der Waals surface area (Å²) in [7, 11) is 6.26. The van der Waals surface area contributed by atoms with Crippen molar-refractivity contribution in [1.29, 1.82) is 0 Å². The highest BCUT2D eigenvalue weighted by Crippen LogP contribution is 2.18. The fourth-order valence-electron chi connectivity index (χ4n) is 2.07. The maximum absolute atomic E-state index is 6.08. The van der Waals surface area contributed by atoms with Gasteiger partial charge in [-0.25, -0.2) is 4.98 Å². The zero-order valence-corrected chi connectivity index (χ0v) is 9.72. The van der Waals surface area contributed by atoms with E-state index in [1.54, 1.807) is 0 Å². The average Bonchev–Trinajstić information content (AvgIpc) is 2.18. The Hall–Kier alpha value is -1.29. The van der Waals surface area contributed by atoms with Crippen molar-refractivity contribution in [2.45, 2.75) is 13.0 Å². The molecule has 1 atom stereocenters. The summed E-state index contributed by atoms with van der Waals surface area (Å²) in [6, 6.07) is 2.03. The van der Waals surface area contributed by atoms with Crippen LogP contribution in [0.25, 0.3) is 0 Å². The molecule has 4 N–H and O–H groups in total. The number of quaternary nitrogens is 1. The van der Waals surface area contributed by atoms with Gasteiger partial charge in [0.1, 0.15) is 12.2 Å². The van der Waals surface area contributed by atoms with Crippen molar-refractivity contribution in [2.75, 3.05) is 38.3 Å². The highest BCUT2D eigenvalue weighted by molar-refractivity contribution is 5.53. The van der Waals surface area contributed by atoms with E-state index in [-0.39, 0.29) is 0 Å². The van der Waals surface area contributed by atoms with E-state index in [9.17, 15) is 0 Å². The van der Waals surface area contributed by atoms with Crippen molar-refractivity contribution in [2.24, 2.45) is 0 Å². The minimum atomic E-state index is 0.923. The number of hydrogen-bond acceptors (Lipinski definition) is 2. The lowest BCUT2D eigenvalue weighted by molar-refractivity contribution is -0.896. The number of likely N-dealkylation sites (N-methyl/N-ethyl adjacent to an activating group) is 1. The Balaban J connectivity index is 2.43. The Morgan fingerprint density at radius 1 is 1.47 bits per heavy atom. The summed E-state index contributed by atoms with van der Waals surface area (Å²) in [4.78, 5) is 7.04. The van der Waals surface area contributed by atoms with E-state index in [1.807, 2.05) is 20.2 Å². The van der Waals surface area contributed by atoms with Gasteiger partial charge in [-0.2, -0.15) is 0 Å². The molecule has 1 aliphatic heterocycles. The number of hydrogen-bond donors (Lipinski definition) is 2. The molecule has 0 bridgehead atoms. The van der Waals surface area contributed by atoms with Gasteiger partial charge in [0.05, 0.1) is 51.4 Å². The number of fused-ring (bicyclic) bond motifs is 1. The van der Waals surface area contributed by atoms with Gasteiger partial charge in [0, 0.05) is 0 Å². The SMILES string of the molecule is CN(C)c1cc(N)c2c([nH+]1)CC[NH+](C)C2. The first-order valence-corrected chi connectivity index (χ1v) is 5.40. The Labute approximate surface area is 90.7 Å². The molecule has 0 radical (unpaired) electrons. The maximum Gasteiger partial charge on any atom is 0.276 e. The van der Waals surface area contributed by atoms with Gasteiger partial charge in [-0.15, -0.1) is 0 Å². The van der Waals surface area contributed by atoms with Crippen LogP contribution in [-0.4, -0.2) is 27.7 Å². The van der Waals surface area contributed by atoms with Crippen LogP contribution in [0.3, 0.4) is 0 Å². The van der Waals surface area contributed by atoms with Gasteiger partial charge in [0.15, 0.2) is 0 Å². The van der Waals surface area contributed by atoms with E-state index in [0.29, 0.717) is 0 Å². The second-order valence-electron chi connectivity index (χ2n) is 4.60. The minimum absolute atomic E-state index is 0.923. The highest BCUT2D eigenvalue weighted by Gasteiger charge is 2.23. The second-order valence-corrected chi connectivity index (χ2v) is 4.60. The van der Waals surface area contributed by atoms with E-state index < -0.39 is 0 Å². The van der Waals surface area contributed by atoms with Gasteiger partial charge in [-0.3, -0.25) is 4.90 Å². The molecule has 0 aliphatic carbocycles. The van der Waals surface area contributed by atoms with Crippen molar-refractivity contribution in [3.63, 3.8) is 0 Å². The van der Waals surface area contributed by atoms with Crippen molar-refractivity contribution < 1.29 is 9.88 Å². The standard InChI is InChI=1S/C11H18N4/c1-14(2)11-6-9(12)8-7-15(3)5-4-10(8)13-11/h6H,4-5,7H2,1-3H3,(H2,12,13)/p+2. The average molecular weight is 208 g/mol. The van der Waals surface area contributed by atoms with Crippen LogP contribution in [0.4, 0.5) is 11.5 Å². The topological polar surface area (TPSA) is 47.8 Å². The van der Waals surface area contributed by atoms with Crippen LogP contribution < -0.4 is 20.5 Å². The molecule has 1 unspecified atom stereocenters. The van der Waals surface area contributed by atoms with Crippen LogP contribution in [0.2, 0.25) is 0 Å². The summed E-state index contributed by atoms with van der Waals surface area (Å²) >= 11 is 0. The van der Waals surface area contributed by atoms with Crippen molar-refractivity contribution in [1.82, 2.24) is 0 Å². The summed E-state index contributed by atoms with van der Waals surface area (Å²) in [5.41, 5.74) is 9.61. The molecule has 82 valence electrons. The molecule has 4 heteroatoms. The third kappa shape index (κ3) is 1.90. The summed E-state index contributed by atoms with van der Waals surface area (Å²) in [6.07, 6.45) is 1.09. The Kier molecular flexibility index (Phi) is 2.52. The van der Waals surface area contributed by atoms with E-state index in [0.717, 1.165) is 24.5 Å². The van der Waals surface area contributed by atoms with Gasteiger partial charge in [-0.1, -0.05) is 0 Å². The molecule has 0 fully saturated rings. The number of aromatic nitrogens is 1. The molecule has 1 aliphatic rings. The number of nitrogens with one attached hydrogen (secondary N) is 2. The van der Waals surface area contributed by atoms with E-state index in [4.69, 9.17) is 5.73 Å². The normalized spacial score (nSPS) is 19.8. The Morgan fingerprint density at radius 2 is 2.20 bits per heavy atom. The highest BCUT2D eigenvalue weighted by atomic mass is 15.1. The molecule has 2 heterocycles. The Morgan fingerprint density at radius 3 is 2.87 bits per heavy atom. The monoisotopic (exact) mass is 208 g/mol. The molecule has 0 aromatic carbocycles. The molecule has 2 rings (SSSR count). The number of rotatable bonds is 1. The zero-order chi connectivity index (χ0) is 11.0. The van der Waals surface area contributed by atoms with Gasteiger partial charge in [0.25, 0.3) is 5.82 Å². The van der Waals surface area contributed by atoms with Gasteiger partial charge in [0.2, 0.25) is 0 Å². The maximum atomic E-state index is 6.08. The Bertz CT molecular complexity index is 373. The quantitative estimate of drug-likeness (QED) is 0.604. The lowest BCUT2D eigenvalue weighted by atomic mass is 10.0. The van der Waals surface area contributed by atoms with E-state index in [1.165, 1.54) is 22.7 Å². The molecular weight excluding hydrogens is 188 g/mol. The van der Waals surface area contributed by atoms with Crippen LogP contribution in [-0.2, 0) is 13.0 Å². The summed E-state index contributed by atoms with van der Waals surface area (Å²) in [5.74, 6) is 1.09.